The van der Waals surface area contributed by atoms with Crippen molar-refractivity contribution in [3.8, 4) is 5.75 Å². The minimum atomic E-state index is -3.97. The molecule has 1 amide bonds. The van der Waals surface area contributed by atoms with Crippen LogP contribution in [0.4, 0.5) is 11.4 Å². The molecular formula is C32H30N2O6S. The molecule has 0 radical (unpaired) electrons. The Morgan fingerprint density at radius 2 is 1.66 bits per heavy atom. The molecule has 1 heterocycles. The monoisotopic (exact) mass is 570 g/mol. The van der Waals surface area contributed by atoms with E-state index >= 15 is 0 Å². The Morgan fingerprint density at radius 1 is 0.927 bits per heavy atom. The molecule has 5 rings (SSSR count). The van der Waals surface area contributed by atoms with Crippen LogP contribution in [-0.4, -0.2) is 33.4 Å². The van der Waals surface area contributed by atoms with Gasteiger partial charge in [0, 0.05) is 11.6 Å². The summed E-state index contributed by atoms with van der Waals surface area (Å²) in [5, 5.41) is 2.80. The van der Waals surface area contributed by atoms with E-state index in [9.17, 15) is 18.0 Å². The molecule has 0 fully saturated rings. The van der Waals surface area contributed by atoms with Crippen LogP contribution in [0, 0.1) is 6.92 Å². The maximum absolute atomic E-state index is 13.7. The number of hydrogen-bond donors (Lipinski definition) is 1. The highest BCUT2D eigenvalue weighted by molar-refractivity contribution is 7.92. The summed E-state index contributed by atoms with van der Waals surface area (Å²) in [6.45, 7) is 3.73. The Hall–Kier alpha value is -4.63. The summed E-state index contributed by atoms with van der Waals surface area (Å²) in [7, 11) is -2.48. The average Bonchev–Trinajstić information content (AvgIpc) is 3.32. The number of fused-ring (bicyclic) bond motifs is 1. The summed E-state index contributed by atoms with van der Waals surface area (Å²) < 4.78 is 39.9. The summed E-state index contributed by atoms with van der Waals surface area (Å²) >= 11 is 0. The molecule has 9 heteroatoms. The zero-order valence-electron chi connectivity index (χ0n) is 22.9. The molecule has 0 saturated heterocycles. The molecule has 1 aliphatic rings. The van der Waals surface area contributed by atoms with E-state index in [1.165, 1.54) is 35.7 Å². The van der Waals surface area contributed by atoms with Crippen LogP contribution in [0.3, 0.4) is 0 Å². The second kappa shape index (κ2) is 11.5. The van der Waals surface area contributed by atoms with E-state index in [-0.39, 0.29) is 16.5 Å². The third-order valence-corrected chi connectivity index (χ3v) is 8.87. The molecule has 2 atom stereocenters. The fourth-order valence-corrected chi connectivity index (χ4v) is 6.73. The van der Waals surface area contributed by atoms with Crippen molar-refractivity contribution in [2.24, 2.45) is 0 Å². The van der Waals surface area contributed by atoms with Crippen molar-refractivity contribution in [2.45, 2.75) is 37.3 Å². The second-order valence-electron chi connectivity index (χ2n) is 9.90. The van der Waals surface area contributed by atoms with Gasteiger partial charge in [-0.05, 0) is 67.8 Å². The predicted molar refractivity (Wildman–Crippen MR) is 157 cm³/mol. The zero-order valence-corrected chi connectivity index (χ0v) is 23.7. The number of hydrogen-bond acceptors (Lipinski definition) is 6. The summed E-state index contributed by atoms with van der Waals surface area (Å²) in [4.78, 5) is 26.8. The van der Waals surface area contributed by atoms with Crippen molar-refractivity contribution < 1.29 is 27.5 Å². The lowest BCUT2D eigenvalue weighted by atomic mass is 10.1. The summed E-state index contributed by atoms with van der Waals surface area (Å²) in [6, 6.07) is 26.7. The second-order valence-corrected chi connectivity index (χ2v) is 11.7. The predicted octanol–water partition coefficient (Wildman–Crippen LogP) is 5.68. The number of carbonyl (C=O) groups excluding carboxylic acids is 2. The molecule has 4 aromatic carbocycles. The molecule has 1 N–H and O–H groups in total. The molecule has 2 unspecified atom stereocenters. The number of carbonyl (C=O) groups is 2. The molecule has 1 aliphatic heterocycles. The van der Waals surface area contributed by atoms with Gasteiger partial charge in [-0.2, -0.15) is 0 Å². The molecule has 210 valence electrons. The van der Waals surface area contributed by atoms with Gasteiger partial charge in [0.15, 0.2) is 0 Å². The zero-order chi connectivity index (χ0) is 29.1. The van der Waals surface area contributed by atoms with Gasteiger partial charge in [-0.15, -0.1) is 0 Å². The Balaban J connectivity index is 1.43. The normalized spacial score (nSPS) is 15.1. The Labute approximate surface area is 239 Å². The van der Waals surface area contributed by atoms with E-state index in [2.05, 4.69) is 5.32 Å². The average molecular weight is 571 g/mol. The van der Waals surface area contributed by atoms with Gasteiger partial charge in [0.1, 0.15) is 5.75 Å². The van der Waals surface area contributed by atoms with Gasteiger partial charge < -0.3 is 14.8 Å². The lowest BCUT2D eigenvalue weighted by Gasteiger charge is -2.24. The van der Waals surface area contributed by atoms with Gasteiger partial charge >= 0.3 is 5.97 Å². The molecule has 0 aliphatic carbocycles. The first-order chi connectivity index (χ1) is 19.7. The minimum absolute atomic E-state index is 0.00748. The van der Waals surface area contributed by atoms with Crippen molar-refractivity contribution in [2.75, 3.05) is 16.7 Å². The number of amides is 1. The van der Waals surface area contributed by atoms with Gasteiger partial charge in [0.05, 0.1) is 28.9 Å². The number of esters is 1. The number of nitrogens with one attached hydrogen (secondary N) is 1. The number of aryl methyl sites for hydroxylation is 1. The number of sulfonamides is 1. The van der Waals surface area contributed by atoms with E-state index < -0.39 is 28.0 Å². The molecular weight excluding hydrogens is 540 g/mol. The van der Waals surface area contributed by atoms with Gasteiger partial charge in [0.2, 0.25) is 6.10 Å². The van der Waals surface area contributed by atoms with Crippen LogP contribution in [0.25, 0.3) is 0 Å². The first-order valence-corrected chi connectivity index (χ1v) is 14.6. The Kier molecular flexibility index (Phi) is 7.81. The Morgan fingerprint density at radius 3 is 2.41 bits per heavy atom. The van der Waals surface area contributed by atoms with E-state index in [0.29, 0.717) is 29.1 Å². The highest BCUT2D eigenvalue weighted by Crippen LogP contribution is 2.37. The van der Waals surface area contributed by atoms with E-state index in [0.717, 1.165) is 11.1 Å². The van der Waals surface area contributed by atoms with Crippen LogP contribution in [0.2, 0.25) is 0 Å². The lowest BCUT2D eigenvalue weighted by molar-refractivity contribution is -0.125. The van der Waals surface area contributed by atoms with E-state index in [1.807, 2.05) is 32.0 Å². The van der Waals surface area contributed by atoms with Crippen molar-refractivity contribution >= 4 is 33.3 Å². The minimum Gasteiger partial charge on any atom is -0.495 e. The van der Waals surface area contributed by atoms with Crippen LogP contribution in [0.5, 0.6) is 5.75 Å². The summed E-state index contributed by atoms with van der Waals surface area (Å²) in [5.74, 6) is -0.963. The van der Waals surface area contributed by atoms with Gasteiger partial charge in [-0.1, -0.05) is 60.7 Å². The molecule has 0 spiro atoms. The van der Waals surface area contributed by atoms with Gasteiger partial charge in [-0.25, -0.2) is 13.2 Å². The first-order valence-electron chi connectivity index (χ1n) is 13.1. The van der Waals surface area contributed by atoms with Crippen LogP contribution >= 0.6 is 0 Å². The number of rotatable bonds is 8. The third-order valence-electron chi connectivity index (χ3n) is 6.95. The maximum atomic E-state index is 13.7. The van der Waals surface area contributed by atoms with Crippen molar-refractivity contribution in [1.82, 2.24) is 0 Å². The van der Waals surface area contributed by atoms with Gasteiger partial charge in [-0.3, -0.25) is 9.10 Å². The largest absolute Gasteiger partial charge is 0.495 e. The lowest BCUT2D eigenvalue weighted by Crippen LogP contribution is -2.35. The van der Waals surface area contributed by atoms with E-state index in [1.54, 1.807) is 54.6 Å². The standard InChI is InChI=1S/C32H30N2O6S/c1-21-16-17-29(39-3)27(18-21)33-31(35)30(23-10-5-4-6-11-23)40-32(36)25-13-9-14-26(20-25)41(37,38)34-22(2)19-24-12-7-8-15-28(24)34/h4-18,20,22,30H,19H2,1-3H3,(H,33,35). The highest BCUT2D eigenvalue weighted by atomic mass is 32.2. The maximum Gasteiger partial charge on any atom is 0.339 e. The molecule has 0 aromatic heterocycles. The van der Waals surface area contributed by atoms with Crippen LogP contribution < -0.4 is 14.4 Å². The van der Waals surface area contributed by atoms with Crippen molar-refractivity contribution in [3.05, 3.63) is 119 Å². The fourth-order valence-electron chi connectivity index (χ4n) is 4.99. The number of benzene rings is 4. The molecule has 8 nitrogen and oxygen atoms in total. The SMILES string of the molecule is COc1ccc(C)cc1NC(=O)C(OC(=O)c1cccc(S(=O)(=O)N2c3ccccc3CC2C)c1)c1ccccc1. The van der Waals surface area contributed by atoms with Crippen LogP contribution in [-0.2, 0) is 26.0 Å². The molecule has 41 heavy (non-hydrogen) atoms. The summed E-state index contributed by atoms with van der Waals surface area (Å²) in [5.41, 5.74) is 3.37. The first kappa shape index (κ1) is 27.9. The number of methoxy groups -OCH3 is 1. The van der Waals surface area contributed by atoms with E-state index in [4.69, 9.17) is 9.47 Å². The van der Waals surface area contributed by atoms with Crippen LogP contribution in [0.1, 0.15) is 40.1 Å². The van der Waals surface area contributed by atoms with Crippen LogP contribution in [0.15, 0.2) is 102 Å². The summed E-state index contributed by atoms with van der Waals surface area (Å²) in [6.07, 6.45) is -0.712. The van der Waals surface area contributed by atoms with Gasteiger partial charge in [0.25, 0.3) is 15.9 Å². The van der Waals surface area contributed by atoms with Crippen molar-refractivity contribution in [3.63, 3.8) is 0 Å². The number of ether oxygens (including phenoxy) is 2. The molecule has 4 aromatic rings. The van der Waals surface area contributed by atoms with Crippen molar-refractivity contribution in [1.29, 1.82) is 0 Å². The Bertz CT molecular complexity index is 1700. The topological polar surface area (TPSA) is 102 Å². The number of nitrogens with zero attached hydrogens (tertiary/aromatic N) is 1. The third kappa shape index (κ3) is 5.67. The highest BCUT2D eigenvalue weighted by Gasteiger charge is 2.36. The number of para-hydroxylation sites is 1. The molecule has 0 bridgehead atoms. The number of anilines is 2. The quantitative estimate of drug-likeness (QED) is 0.274. The molecule has 0 saturated carbocycles. The smallest absolute Gasteiger partial charge is 0.339 e. The fraction of sp³-hybridized carbons (Fsp3) is 0.188.